The second kappa shape index (κ2) is 8.68. The molecule has 1 aliphatic rings. The summed E-state index contributed by atoms with van der Waals surface area (Å²) in [6.45, 7) is 7.20. The third-order valence-corrected chi connectivity index (χ3v) is 6.48. The van der Waals surface area contributed by atoms with Crippen LogP contribution in [0.15, 0.2) is 63.8 Å². The molecule has 1 saturated heterocycles. The number of fused-ring (bicyclic) bond motifs is 2. The topological polar surface area (TPSA) is 97.6 Å². The van der Waals surface area contributed by atoms with Crippen LogP contribution in [0.3, 0.4) is 0 Å². The van der Waals surface area contributed by atoms with E-state index in [0.717, 1.165) is 63.1 Å². The highest BCUT2D eigenvalue weighted by Gasteiger charge is 2.23. The summed E-state index contributed by atoms with van der Waals surface area (Å²) in [5, 5.41) is 14.8. The Hall–Kier alpha value is -3.30. The molecule has 32 heavy (non-hydrogen) atoms. The molecule has 4 heterocycles. The maximum absolute atomic E-state index is 5.91. The van der Waals surface area contributed by atoms with Crippen molar-refractivity contribution in [2.24, 2.45) is 10.7 Å². The highest BCUT2D eigenvalue weighted by Crippen LogP contribution is 2.29. The molecular formula is C23H24N8S. The van der Waals surface area contributed by atoms with E-state index in [9.17, 15) is 0 Å². The number of benzene rings is 1. The molecule has 9 heteroatoms. The molecule has 0 spiro atoms. The first-order valence-electron chi connectivity index (χ1n) is 10.6. The lowest BCUT2D eigenvalue weighted by atomic mass is 10.1. The van der Waals surface area contributed by atoms with Crippen LogP contribution >= 0.6 is 11.8 Å². The van der Waals surface area contributed by atoms with Crippen molar-refractivity contribution >= 4 is 40.1 Å². The van der Waals surface area contributed by atoms with Gasteiger partial charge < -0.3 is 5.73 Å². The lowest BCUT2D eigenvalue weighted by Gasteiger charge is -2.35. The number of pyridine rings is 1. The van der Waals surface area contributed by atoms with Gasteiger partial charge >= 0.3 is 0 Å². The predicted octanol–water partition coefficient (Wildman–Crippen LogP) is 3.21. The molecule has 3 aromatic heterocycles. The van der Waals surface area contributed by atoms with Crippen LogP contribution in [0.1, 0.15) is 18.2 Å². The maximum atomic E-state index is 5.91. The molecule has 1 aliphatic heterocycles. The molecule has 1 aromatic carbocycles. The third-order valence-electron chi connectivity index (χ3n) is 5.55. The molecule has 162 valence electrons. The largest absolute Gasteiger partial charge is 0.404 e. The quantitative estimate of drug-likeness (QED) is 0.456. The molecule has 4 aromatic rings. The van der Waals surface area contributed by atoms with Gasteiger partial charge in [-0.05, 0) is 61.6 Å². The zero-order valence-corrected chi connectivity index (χ0v) is 18.8. The summed E-state index contributed by atoms with van der Waals surface area (Å²) in [6, 6.07) is 12.4. The van der Waals surface area contributed by atoms with Gasteiger partial charge in [-0.15, -0.1) is 10.2 Å². The van der Waals surface area contributed by atoms with Crippen LogP contribution in [0.25, 0.3) is 22.1 Å². The number of aliphatic imine (C=N–C) groups is 1. The molecule has 1 fully saturated rings. The van der Waals surface area contributed by atoms with E-state index in [4.69, 9.17) is 5.73 Å². The Bertz CT molecular complexity index is 1340. The number of allylic oxidation sites excluding steroid dienone is 1. The molecule has 0 amide bonds. The van der Waals surface area contributed by atoms with Crippen LogP contribution in [0.4, 0.5) is 0 Å². The Morgan fingerprint density at radius 2 is 2.09 bits per heavy atom. The number of aryl methyl sites for hydroxylation is 1. The average Bonchev–Trinajstić information content (AvgIpc) is 3.16. The fourth-order valence-electron chi connectivity index (χ4n) is 3.66. The molecule has 0 bridgehead atoms. The second-order valence-electron chi connectivity index (χ2n) is 7.81. The SMILES string of the molecule is CCN1CC(N=CC(=CN)c2cnc3ccc(Sc4nnc5ccc(C)nn45)cc3c2)C1. The molecule has 8 nitrogen and oxygen atoms in total. The number of likely N-dealkylation sites (tertiary alicyclic amines) is 1. The van der Waals surface area contributed by atoms with Gasteiger partial charge in [-0.25, -0.2) is 0 Å². The van der Waals surface area contributed by atoms with E-state index < -0.39 is 0 Å². The number of hydrogen-bond donors (Lipinski definition) is 1. The summed E-state index contributed by atoms with van der Waals surface area (Å²) < 4.78 is 1.77. The summed E-state index contributed by atoms with van der Waals surface area (Å²) in [7, 11) is 0. The molecule has 2 N–H and O–H groups in total. The minimum Gasteiger partial charge on any atom is -0.404 e. The minimum absolute atomic E-state index is 0.344. The van der Waals surface area contributed by atoms with Gasteiger partial charge in [0.2, 0.25) is 5.16 Å². The van der Waals surface area contributed by atoms with Crippen LogP contribution in [0.2, 0.25) is 0 Å². The second-order valence-corrected chi connectivity index (χ2v) is 8.85. The van der Waals surface area contributed by atoms with Crippen LogP contribution in [-0.2, 0) is 0 Å². The van der Waals surface area contributed by atoms with Crippen LogP contribution in [0.5, 0.6) is 0 Å². The van der Waals surface area contributed by atoms with E-state index in [2.05, 4.69) is 49.2 Å². The van der Waals surface area contributed by atoms with Gasteiger partial charge in [0, 0.05) is 53.1 Å². The van der Waals surface area contributed by atoms with Gasteiger partial charge in [0.25, 0.3) is 0 Å². The summed E-state index contributed by atoms with van der Waals surface area (Å²) in [5.41, 5.74) is 10.3. The van der Waals surface area contributed by atoms with Crippen molar-refractivity contribution in [2.45, 2.75) is 29.9 Å². The molecular weight excluding hydrogens is 420 g/mol. The van der Waals surface area contributed by atoms with Crippen molar-refractivity contribution in [1.82, 2.24) is 29.7 Å². The molecule has 5 rings (SSSR count). The monoisotopic (exact) mass is 444 g/mol. The van der Waals surface area contributed by atoms with Crippen LogP contribution in [-0.4, -0.2) is 61.6 Å². The number of likely N-dealkylation sites (N-methyl/N-ethyl adjacent to an activating group) is 1. The first-order valence-corrected chi connectivity index (χ1v) is 11.4. The smallest absolute Gasteiger partial charge is 0.217 e. The van der Waals surface area contributed by atoms with Gasteiger partial charge in [-0.3, -0.25) is 14.9 Å². The zero-order chi connectivity index (χ0) is 22.1. The predicted molar refractivity (Wildman–Crippen MR) is 128 cm³/mol. The first-order chi connectivity index (χ1) is 15.6. The van der Waals surface area contributed by atoms with Crippen molar-refractivity contribution in [3.8, 4) is 0 Å². The zero-order valence-electron chi connectivity index (χ0n) is 18.0. The Labute approximate surface area is 190 Å². The normalized spacial score (nSPS) is 15.8. The lowest BCUT2D eigenvalue weighted by Crippen LogP contribution is -2.49. The summed E-state index contributed by atoms with van der Waals surface area (Å²) >= 11 is 1.52. The van der Waals surface area contributed by atoms with Crippen molar-refractivity contribution in [1.29, 1.82) is 0 Å². The number of hydrogen-bond acceptors (Lipinski definition) is 8. The summed E-state index contributed by atoms with van der Waals surface area (Å²) in [4.78, 5) is 12.7. The van der Waals surface area contributed by atoms with E-state index in [1.165, 1.54) is 11.8 Å². The van der Waals surface area contributed by atoms with Gasteiger partial charge in [0.05, 0.1) is 17.3 Å². The van der Waals surface area contributed by atoms with Crippen LogP contribution < -0.4 is 5.73 Å². The van der Waals surface area contributed by atoms with Crippen molar-refractivity contribution in [2.75, 3.05) is 19.6 Å². The Kier molecular flexibility index (Phi) is 5.59. The average molecular weight is 445 g/mol. The van der Waals surface area contributed by atoms with Crippen molar-refractivity contribution < 1.29 is 0 Å². The molecule has 0 saturated carbocycles. The molecule has 0 radical (unpaired) electrons. The van der Waals surface area contributed by atoms with Crippen molar-refractivity contribution in [3.63, 3.8) is 0 Å². The lowest BCUT2D eigenvalue weighted by molar-refractivity contribution is 0.162. The van der Waals surface area contributed by atoms with Gasteiger partial charge in [0.15, 0.2) is 5.65 Å². The molecule has 0 unspecified atom stereocenters. The number of rotatable bonds is 6. The Balaban J connectivity index is 1.39. The molecule has 0 atom stereocenters. The van der Waals surface area contributed by atoms with Gasteiger partial charge in [0.1, 0.15) is 0 Å². The van der Waals surface area contributed by atoms with E-state index >= 15 is 0 Å². The number of aromatic nitrogens is 5. The minimum atomic E-state index is 0.344. The number of nitrogens with two attached hydrogens (primary N) is 1. The van der Waals surface area contributed by atoms with E-state index in [1.807, 2.05) is 43.6 Å². The standard InChI is InChI=1S/C23H24N8S/c1-3-30-13-19(14-30)25-12-18(10-24)17-8-16-9-20(5-6-21(16)26-11-17)32-23-28-27-22-7-4-15(2)29-31(22)23/h4-12,19H,3,13-14,24H2,1-2H3. The fraction of sp³-hybridized carbons (Fsp3) is 0.261. The first kappa shape index (κ1) is 20.6. The fourth-order valence-corrected chi connectivity index (χ4v) is 4.49. The van der Waals surface area contributed by atoms with Gasteiger partial charge in [-0.1, -0.05) is 6.92 Å². The van der Waals surface area contributed by atoms with E-state index in [0.29, 0.717) is 6.04 Å². The van der Waals surface area contributed by atoms with Crippen molar-refractivity contribution in [3.05, 3.63) is 60.1 Å². The van der Waals surface area contributed by atoms with E-state index in [1.54, 1.807) is 10.7 Å². The Morgan fingerprint density at radius 3 is 2.91 bits per heavy atom. The summed E-state index contributed by atoms with van der Waals surface area (Å²) in [6.07, 6.45) is 5.31. The molecule has 0 aliphatic carbocycles. The highest BCUT2D eigenvalue weighted by atomic mass is 32.2. The van der Waals surface area contributed by atoms with Crippen LogP contribution in [0, 0.1) is 6.92 Å². The Morgan fingerprint density at radius 1 is 1.22 bits per heavy atom. The van der Waals surface area contributed by atoms with Gasteiger partial charge in [-0.2, -0.15) is 9.61 Å². The van der Waals surface area contributed by atoms with E-state index in [-0.39, 0.29) is 0 Å². The highest BCUT2D eigenvalue weighted by molar-refractivity contribution is 7.99. The maximum Gasteiger partial charge on any atom is 0.217 e. The number of nitrogens with zero attached hydrogens (tertiary/aromatic N) is 7. The summed E-state index contributed by atoms with van der Waals surface area (Å²) in [5.74, 6) is 0. The third kappa shape index (κ3) is 4.09.